The van der Waals surface area contributed by atoms with E-state index in [1.54, 1.807) is 0 Å². The van der Waals surface area contributed by atoms with Gasteiger partial charge in [-0.05, 0) is 6.92 Å². The predicted octanol–water partition coefficient (Wildman–Crippen LogP) is -0.197. The van der Waals surface area contributed by atoms with Crippen LogP contribution in [0, 0.1) is 10.1 Å². The second-order valence-electron chi connectivity index (χ2n) is 2.55. The smallest absolute Gasteiger partial charge is 0.291 e. The van der Waals surface area contributed by atoms with Crippen molar-refractivity contribution in [2.75, 3.05) is 13.6 Å². The summed E-state index contributed by atoms with van der Waals surface area (Å²) in [6.45, 7) is 2.86. The molecule has 13 heavy (non-hydrogen) atoms. The maximum Gasteiger partial charge on any atom is 0.291 e. The molecule has 74 valence electrons. The molecule has 0 aliphatic carbocycles. The third-order valence-electron chi connectivity index (χ3n) is 1.15. The summed E-state index contributed by atoms with van der Waals surface area (Å²) in [7, 11) is 1.98. The molecule has 0 aromatic carbocycles. The SMILES string of the molecule is CC1=NC(N)=CN(C)C1.O=[N+]([O-])O. The van der Waals surface area contributed by atoms with Gasteiger partial charge in [0.1, 0.15) is 5.82 Å². The Labute approximate surface area is 75.3 Å². The third kappa shape index (κ3) is 6.60. The standard InChI is InChI=1S/C6H11N3.HNO3/c1-5-3-9(2)4-6(7)8-5;2-1(3)4/h4H,3,7H2,1-2H3;(H,2,3,4). The van der Waals surface area contributed by atoms with Gasteiger partial charge >= 0.3 is 0 Å². The van der Waals surface area contributed by atoms with E-state index in [4.69, 9.17) is 21.1 Å². The number of nitrogens with two attached hydrogens (primary N) is 1. The molecule has 7 nitrogen and oxygen atoms in total. The predicted molar refractivity (Wildman–Crippen MR) is 46.8 cm³/mol. The van der Waals surface area contributed by atoms with Crippen LogP contribution in [0.15, 0.2) is 17.0 Å². The van der Waals surface area contributed by atoms with E-state index in [1.165, 1.54) is 0 Å². The highest BCUT2D eigenvalue weighted by Gasteiger charge is 2.02. The van der Waals surface area contributed by atoms with Crippen molar-refractivity contribution in [2.24, 2.45) is 10.7 Å². The van der Waals surface area contributed by atoms with E-state index in [0.717, 1.165) is 12.3 Å². The van der Waals surface area contributed by atoms with Crippen LogP contribution in [-0.4, -0.2) is 34.5 Å². The highest BCUT2D eigenvalue weighted by atomic mass is 16.9. The Hall–Kier alpha value is -1.79. The minimum absolute atomic E-state index is 0.598. The van der Waals surface area contributed by atoms with Crippen molar-refractivity contribution < 1.29 is 10.3 Å². The van der Waals surface area contributed by atoms with Gasteiger partial charge in [-0.2, -0.15) is 0 Å². The highest BCUT2D eigenvalue weighted by molar-refractivity contribution is 5.85. The molecule has 3 N–H and O–H groups in total. The van der Waals surface area contributed by atoms with Gasteiger partial charge in [0.2, 0.25) is 0 Å². The average Bonchev–Trinajstić information content (AvgIpc) is 1.80. The molecule has 1 aliphatic rings. The molecule has 0 saturated heterocycles. The lowest BCUT2D eigenvalue weighted by Crippen LogP contribution is -2.24. The fourth-order valence-corrected chi connectivity index (χ4v) is 0.917. The van der Waals surface area contributed by atoms with Crippen LogP contribution in [0.1, 0.15) is 6.92 Å². The van der Waals surface area contributed by atoms with Crippen LogP contribution in [-0.2, 0) is 0 Å². The Kier molecular flexibility index (Phi) is 4.28. The van der Waals surface area contributed by atoms with Crippen molar-refractivity contribution in [1.29, 1.82) is 0 Å². The molecule has 0 saturated carbocycles. The first-order valence-electron chi connectivity index (χ1n) is 3.46. The summed E-state index contributed by atoms with van der Waals surface area (Å²) < 4.78 is 0. The summed E-state index contributed by atoms with van der Waals surface area (Å²) >= 11 is 0. The molecule has 0 amide bonds. The van der Waals surface area contributed by atoms with Crippen LogP contribution < -0.4 is 5.73 Å². The van der Waals surface area contributed by atoms with Crippen molar-refractivity contribution in [3.63, 3.8) is 0 Å². The first kappa shape index (κ1) is 11.2. The van der Waals surface area contributed by atoms with E-state index in [-0.39, 0.29) is 0 Å². The lowest BCUT2D eigenvalue weighted by atomic mass is 10.3. The Balaban J connectivity index is 0.000000310. The lowest BCUT2D eigenvalue weighted by Gasteiger charge is -2.17. The molecule has 1 rings (SSSR count). The van der Waals surface area contributed by atoms with Crippen LogP contribution in [0.2, 0.25) is 0 Å². The summed E-state index contributed by atoms with van der Waals surface area (Å²) in [6, 6.07) is 0. The molecule has 0 aromatic rings. The maximum atomic E-state index is 8.36. The molecule has 0 fully saturated rings. The molecule has 0 bridgehead atoms. The molecule has 0 spiro atoms. The summed E-state index contributed by atoms with van der Waals surface area (Å²) in [5.74, 6) is 0.598. The van der Waals surface area contributed by atoms with Gasteiger partial charge < -0.3 is 15.8 Å². The van der Waals surface area contributed by atoms with Gasteiger partial charge in [-0.15, -0.1) is 10.1 Å². The topological polar surface area (TPSA) is 105 Å². The van der Waals surface area contributed by atoms with E-state index in [1.807, 2.05) is 25.1 Å². The van der Waals surface area contributed by atoms with E-state index < -0.39 is 5.09 Å². The van der Waals surface area contributed by atoms with Crippen molar-refractivity contribution in [1.82, 2.24) is 4.90 Å². The maximum absolute atomic E-state index is 8.36. The first-order chi connectivity index (χ1) is 5.91. The van der Waals surface area contributed by atoms with Crippen LogP contribution in [0.4, 0.5) is 0 Å². The molecule has 0 unspecified atom stereocenters. The number of nitrogens with zero attached hydrogens (tertiary/aromatic N) is 3. The van der Waals surface area contributed by atoms with Crippen LogP contribution >= 0.6 is 0 Å². The van der Waals surface area contributed by atoms with Gasteiger partial charge in [0.05, 0.1) is 6.54 Å². The Morgan fingerprint density at radius 2 is 2.31 bits per heavy atom. The summed E-state index contributed by atoms with van der Waals surface area (Å²) in [6.07, 6.45) is 1.83. The second-order valence-corrected chi connectivity index (χ2v) is 2.55. The largest absolute Gasteiger partial charge is 0.382 e. The van der Waals surface area contributed by atoms with Crippen molar-refractivity contribution >= 4 is 5.71 Å². The Morgan fingerprint density at radius 1 is 1.85 bits per heavy atom. The molecule has 0 atom stereocenters. The second kappa shape index (κ2) is 4.96. The van der Waals surface area contributed by atoms with E-state index in [2.05, 4.69) is 4.99 Å². The van der Waals surface area contributed by atoms with Gasteiger partial charge in [0.15, 0.2) is 0 Å². The van der Waals surface area contributed by atoms with Gasteiger partial charge in [0, 0.05) is 19.0 Å². The van der Waals surface area contributed by atoms with Crippen molar-refractivity contribution in [3.05, 3.63) is 22.1 Å². The number of hydrogen-bond donors (Lipinski definition) is 2. The highest BCUT2D eigenvalue weighted by Crippen LogP contribution is 1.99. The average molecular weight is 188 g/mol. The third-order valence-corrected chi connectivity index (χ3v) is 1.15. The minimum atomic E-state index is -1.50. The minimum Gasteiger partial charge on any atom is -0.382 e. The molecular weight excluding hydrogens is 176 g/mol. The van der Waals surface area contributed by atoms with E-state index in [0.29, 0.717) is 5.82 Å². The van der Waals surface area contributed by atoms with Crippen molar-refractivity contribution in [3.8, 4) is 0 Å². The summed E-state index contributed by atoms with van der Waals surface area (Å²) in [5.41, 5.74) is 6.51. The Bertz CT molecular complexity index is 244. The summed E-state index contributed by atoms with van der Waals surface area (Å²) in [4.78, 5) is 14.4. The fourth-order valence-electron chi connectivity index (χ4n) is 0.917. The molecule has 7 heteroatoms. The normalized spacial score (nSPS) is 15.1. The number of hydrogen-bond acceptors (Lipinski definition) is 5. The first-order valence-corrected chi connectivity index (χ1v) is 3.46. The van der Waals surface area contributed by atoms with E-state index in [9.17, 15) is 0 Å². The zero-order chi connectivity index (χ0) is 10.4. The number of aliphatic imine (C=N–C) groups is 1. The van der Waals surface area contributed by atoms with Crippen LogP contribution in [0.25, 0.3) is 0 Å². The Morgan fingerprint density at radius 3 is 2.62 bits per heavy atom. The zero-order valence-electron chi connectivity index (χ0n) is 7.47. The fraction of sp³-hybridized carbons (Fsp3) is 0.500. The molecule has 0 radical (unpaired) electrons. The van der Waals surface area contributed by atoms with Crippen LogP contribution in [0.3, 0.4) is 0 Å². The molecule has 1 aliphatic heterocycles. The molecule has 0 aromatic heterocycles. The van der Waals surface area contributed by atoms with Gasteiger partial charge in [-0.3, -0.25) is 0 Å². The van der Waals surface area contributed by atoms with Crippen molar-refractivity contribution in [2.45, 2.75) is 6.92 Å². The molecule has 1 heterocycles. The van der Waals surface area contributed by atoms with Gasteiger partial charge in [-0.25, -0.2) is 4.99 Å². The summed E-state index contributed by atoms with van der Waals surface area (Å²) in [5, 5.41) is 13.6. The lowest BCUT2D eigenvalue weighted by molar-refractivity contribution is -0.742. The quantitative estimate of drug-likeness (QED) is 0.404. The van der Waals surface area contributed by atoms with Crippen LogP contribution in [0.5, 0.6) is 0 Å². The monoisotopic (exact) mass is 188 g/mol. The van der Waals surface area contributed by atoms with Gasteiger partial charge in [0.25, 0.3) is 5.09 Å². The molecular formula is C6H12N4O3. The zero-order valence-corrected chi connectivity index (χ0v) is 7.47. The van der Waals surface area contributed by atoms with E-state index >= 15 is 0 Å². The van der Waals surface area contributed by atoms with Gasteiger partial charge in [-0.1, -0.05) is 0 Å². The number of rotatable bonds is 0.